The van der Waals surface area contributed by atoms with E-state index in [9.17, 15) is 14.7 Å². The normalized spacial score (nSPS) is 14.8. The monoisotopic (exact) mass is 426 g/mol. The summed E-state index contributed by atoms with van der Waals surface area (Å²) in [5.41, 5.74) is 1.87. The smallest absolute Gasteiger partial charge is 0.320 e. The van der Waals surface area contributed by atoms with E-state index in [4.69, 9.17) is 5.11 Å². The molecule has 7 heteroatoms. The zero-order chi connectivity index (χ0) is 22.7. The summed E-state index contributed by atoms with van der Waals surface area (Å²) in [4.78, 5) is 27.5. The van der Waals surface area contributed by atoms with Gasteiger partial charge >= 0.3 is 5.97 Å². The van der Waals surface area contributed by atoms with Gasteiger partial charge in [-0.1, -0.05) is 39.0 Å². The lowest BCUT2D eigenvalue weighted by Crippen LogP contribution is -2.45. The van der Waals surface area contributed by atoms with Gasteiger partial charge in [-0.15, -0.1) is 11.8 Å². The van der Waals surface area contributed by atoms with E-state index < -0.39 is 18.1 Å². The van der Waals surface area contributed by atoms with Crippen molar-refractivity contribution in [2.24, 2.45) is 10.9 Å². The Morgan fingerprint density at radius 1 is 1.28 bits per heavy atom. The molecule has 0 aliphatic carbocycles. The van der Waals surface area contributed by atoms with Gasteiger partial charge in [0.1, 0.15) is 12.3 Å². The zero-order valence-corrected chi connectivity index (χ0v) is 19.4. The van der Waals surface area contributed by atoms with Gasteiger partial charge in [-0.2, -0.15) is 0 Å². The number of aliphatic hydroxyl groups is 1. The van der Waals surface area contributed by atoms with Gasteiger partial charge in [0, 0.05) is 25.4 Å². The van der Waals surface area contributed by atoms with Crippen molar-refractivity contribution in [3.05, 3.63) is 34.9 Å². The molecule has 1 unspecified atom stereocenters. The molecule has 0 saturated carbocycles. The van der Waals surface area contributed by atoms with Gasteiger partial charge in [-0.3, -0.25) is 15.1 Å². The molecule has 0 fully saturated rings. The molecule has 0 saturated heterocycles. The maximum Gasteiger partial charge on any atom is 0.320 e. The summed E-state index contributed by atoms with van der Waals surface area (Å²) in [6.07, 6.45) is 13.3. The Balaban J connectivity index is 0. The van der Waals surface area contributed by atoms with Gasteiger partial charge in [-0.25, -0.2) is 0 Å². The Hall–Kier alpha value is -1.70. The number of aliphatic hydroxyl groups excluding tert-OH is 1. The fourth-order valence-corrected chi connectivity index (χ4v) is 2.91. The summed E-state index contributed by atoms with van der Waals surface area (Å²) < 4.78 is 0. The molecule has 0 amide bonds. The average Bonchev–Trinajstić information content (AvgIpc) is 2.69. The van der Waals surface area contributed by atoms with E-state index in [1.165, 1.54) is 11.8 Å². The molecule has 29 heavy (non-hydrogen) atoms. The van der Waals surface area contributed by atoms with Crippen LogP contribution in [-0.4, -0.2) is 54.1 Å². The molecule has 166 valence electrons. The van der Waals surface area contributed by atoms with E-state index in [2.05, 4.69) is 29.4 Å². The van der Waals surface area contributed by atoms with Crippen LogP contribution in [-0.2, 0) is 9.59 Å². The number of allylic oxidation sites excluding steroid dienone is 4. The molecule has 0 aromatic carbocycles. The van der Waals surface area contributed by atoms with Crippen LogP contribution >= 0.6 is 11.8 Å². The summed E-state index contributed by atoms with van der Waals surface area (Å²) in [5, 5.41) is 21.2. The number of hydrogen-bond acceptors (Lipinski definition) is 6. The number of thioether (sulfide) groups is 1. The average molecular weight is 427 g/mol. The summed E-state index contributed by atoms with van der Waals surface area (Å²) >= 11 is 1.51. The lowest BCUT2D eigenvalue weighted by atomic mass is 10.0. The molecule has 0 aromatic rings. The topological polar surface area (TPSA) is 99.0 Å². The first-order chi connectivity index (χ1) is 13.9. The Morgan fingerprint density at radius 2 is 1.93 bits per heavy atom. The second-order valence-electron chi connectivity index (χ2n) is 6.70. The van der Waals surface area contributed by atoms with E-state index in [-0.39, 0.29) is 5.92 Å². The van der Waals surface area contributed by atoms with Gasteiger partial charge < -0.3 is 15.0 Å². The Labute approximate surface area is 180 Å². The molecule has 2 atom stereocenters. The summed E-state index contributed by atoms with van der Waals surface area (Å²) in [6, 6.07) is -1.33. The molecule has 6 nitrogen and oxygen atoms in total. The number of aliphatic imine (C=N–C) groups is 1. The van der Waals surface area contributed by atoms with Crippen molar-refractivity contribution in [2.45, 2.75) is 65.5 Å². The van der Waals surface area contributed by atoms with Gasteiger partial charge in [0.05, 0.1) is 6.04 Å². The highest BCUT2D eigenvalue weighted by atomic mass is 32.2. The van der Waals surface area contributed by atoms with Crippen molar-refractivity contribution < 1.29 is 19.8 Å². The van der Waals surface area contributed by atoms with E-state index >= 15 is 0 Å². The van der Waals surface area contributed by atoms with Crippen LogP contribution in [0.15, 0.2) is 39.9 Å². The number of nitrogens with zero attached hydrogens (tertiary/aromatic N) is 1. The second-order valence-corrected chi connectivity index (χ2v) is 7.40. The second kappa shape index (κ2) is 19.6. The van der Waals surface area contributed by atoms with Crippen molar-refractivity contribution in [3.63, 3.8) is 0 Å². The van der Waals surface area contributed by atoms with Crippen LogP contribution in [0.25, 0.3) is 0 Å². The van der Waals surface area contributed by atoms with Crippen LogP contribution in [0.3, 0.4) is 0 Å². The van der Waals surface area contributed by atoms with Gasteiger partial charge in [-0.05, 0) is 49.3 Å². The number of nitrogens with one attached hydrogen (secondary N) is 1. The van der Waals surface area contributed by atoms with Gasteiger partial charge in [0.2, 0.25) is 0 Å². The number of rotatable bonds is 14. The molecule has 0 rings (SSSR count). The zero-order valence-electron chi connectivity index (χ0n) is 18.6. The fourth-order valence-electron chi connectivity index (χ4n) is 2.48. The van der Waals surface area contributed by atoms with Gasteiger partial charge in [0.15, 0.2) is 0 Å². The summed E-state index contributed by atoms with van der Waals surface area (Å²) in [7, 11) is 1.00. The number of aliphatic carboxylic acids is 1. The molecular formula is C22H38N2O4S. The van der Waals surface area contributed by atoms with Crippen LogP contribution in [0.5, 0.6) is 0 Å². The molecule has 0 aliphatic heterocycles. The van der Waals surface area contributed by atoms with Crippen LogP contribution in [0, 0.1) is 5.92 Å². The molecule has 0 radical (unpaired) electrons. The van der Waals surface area contributed by atoms with Crippen LogP contribution < -0.4 is 5.32 Å². The minimum atomic E-state index is -0.936. The molecule has 3 N–H and O–H groups in total. The van der Waals surface area contributed by atoms with Crippen molar-refractivity contribution in [2.75, 3.05) is 13.4 Å². The van der Waals surface area contributed by atoms with Crippen LogP contribution in [0.4, 0.5) is 0 Å². The standard InChI is InChI=1S/C21H34N2O3S.CH4O/c1-6-8-10-17(9-7-2)13-22-19(15-27-5)12-18(14-24)23-20(21(25)26)11-16(3)4;1-2/h6,8-9,13-16,18,20,23H,7,10-12H2,1-5H3,(H,25,26);2H,1H3/b8-6-,17-9+,19-15-,22-13+;/t18-,20?;/m0./s1. The first-order valence-electron chi connectivity index (χ1n) is 9.82. The van der Waals surface area contributed by atoms with Crippen LogP contribution in [0.1, 0.15) is 53.4 Å². The molecular weight excluding hydrogens is 388 g/mol. The number of carboxylic acid groups (broad SMARTS) is 1. The van der Waals surface area contributed by atoms with E-state index in [1.54, 1.807) is 0 Å². The lowest BCUT2D eigenvalue weighted by Gasteiger charge is -2.21. The lowest BCUT2D eigenvalue weighted by molar-refractivity contribution is -0.140. The number of carbonyl (C=O) groups excluding carboxylic acids is 1. The highest BCUT2D eigenvalue weighted by Crippen LogP contribution is 2.14. The molecule has 0 bridgehead atoms. The van der Waals surface area contributed by atoms with Crippen molar-refractivity contribution in [1.29, 1.82) is 0 Å². The largest absolute Gasteiger partial charge is 0.480 e. The highest BCUT2D eigenvalue weighted by molar-refractivity contribution is 8.01. The summed E-state index contributed by atoms with van der Waals surface area (Å²) in [5.74, 6) is -0.715. The quantitative estimate of drug-likeness (QED) is 0.218. The number of hydrogen-bond donors (Lipinski definition) is 3. The SMILES string of the molecule is C/C=C\CC(/C=N/C(=C\SC)C[C@@H](C=O)NC(CC(C)C)C(=O)O)=C\CC.CO. The predicted octanol–water partition coefficient (Wildman–Crippen LogP) is 4.22. The molecule has 0 aliphatic rings. The maximum absolute atomic E-state index is 11.5. The third kappa shape index (κ3) is 15.9. The Morgan fingerprint density at radius 3 is 2.38 bits per heavy atom. The number of carboxylic acids is 1. The summed E-state index contributed by atoms with van der Waals surface area (Å²) in [6.45, 7) is 7.98. The third-order valence-corrected chi connectivity index (χ3v) is 4.23. The fraction of sp³-hybridized carbons (Fsp3) is 0.591. The van der Waals surface area contributed by atoms with E-state index in [1.807, 2.05) is 44.7 Å². The minimum Gasteiger partial charge on any atom is -0.480 e. The van der Waals surface area contributed by atoms with Crippen molar-refractivity contribution in [3.8, 4) is 0 Å². The Kier molecular flexibility index (Phi) is 19.9. The molecule has 0 spiro atoms. The van der Waals surface area contributed by atoms with E-state index in [0.717, 1.165) is 37.5 Å². The highest BCUT2D eigenvalue weighted by Gasteiger charge is 2.22. The molecule has 0 heterocycles. The van der Waals surface area contributed by atoms with E-state index in [0.29, 0.717) is 12.8 Å². The van der Waals surface area contributed by atoms with Crippen molar-refractivity contribution in [1.82, 2.24) is 5.32 Å². The first-order valence-corrected chi connectivity index (χ1v) is 11.1. The number of aldehydes is 1. The third-order valence-electron chi connectivity index (χ3n) is 3.72. The minimum absolute atomic E-state index is 0.221. The maximum atomic E-state index is 11.5. The predicted molar refractivity (Wildman–Crippen MR) is 125 cm³/mol. The molecule has 0 aromatic heterocycles. The van der Waals surface area contributed by atoms with Gasteiger partial charge in [0.25, 0.3) is 0 Å². The number of carbonyl (C=O) groups is 2. The first kappa shape index (κ1) is 29.5. The Bertz CT molecular complexity index is 569. The van der Waals surface area contributed by atoms with Crippen LogP contribution in [0.2, 0.25) is 0 Å². The van der Waals surface area contributed by atoms with Crippen molar-refractivity contribution >= 4 is 30.2 Å².